The Hall–Kier alpha value is -3.58. The van der Waals surface area contributed by atoms with E-state index in [1.54, 1.807) is 0 Å². The van der Waals surface area contributed by atoms with E-state index in [9.17, 15) is 0 Å². The minimum Gasteiger partial charge on any atom is -0.360 e. The number of hydrogen-bond donors (Lipinski definition) is 1. The van der Waals surface area contributed by atoms with Crippen molar-refractivity contribution in [3.63, 3.8) is 0 Å². The van der Waals surface area contributed by atoms with E-state index < -0.39 is 0 Å². The van der Waals surface area contributed by atoms with Crippen molar-refractivity contribution in [2.45, 2.75) is 0 Å². The highest BCUT2D eigenvalue weighted by Gasteiger charge is 2.14. The van der Waals surface area contributed by atoms with E-state index in [1.165, 1.54) is 54.3 Å². The molecule has 27 heavy (non-hydrogen) atoms. The molecule has 0 saturated heterocycles. The topological polar surface area (TPSA) is 15.8 Å². The number of hydrogen-bond acceptors (Lipinski definition) is 0. The van der Waals surface area contributed by atoms with Crippen LogP contribution in [0.3, 0.4) is 0 Å². The summed E-state index contributed by atoms with van der Waals surface area (Å²) >= 11 is 0. The number of H-pyrrole nitrogens is 1. The molecule has 0 aliphatic rings. The van der Waals surface area contributed by atoms with Gasteiger partial charge in [0, 0.05) is 22.5 Å². The molecule has 0 aliphatic heterocycles. The Bertz CT molecular complexity index is 1420. The summed E-state index contributed by atoms with van der Waals surface area (Å²) in [5, 5.41) is 8.96. The van der Waals surface area contributed by atoms with Gasteiger partial charge in [-0.25, -0.2) is 0 Å². The fourth-order valence-corrected chi connectivity index (χ4v) is 4.38. The third kappa shape index (κ3) is 2.06. The van der Waals surface area contributed by atoms with Gasteiger partial charge >= 0.3 is 0 Å². The van der Waals surface area contributed by atoms with Crippen molar-refractivity contribution in [3.8, 4) is 11.1 Å². The smallest absolute Gasteiger partial charge is 0.0540 e. The zero-order valence-electron chi connectivity index (χ0n) is 14.7. The molecule has 0 saturated carbocycles. The van der Waals surface area contributed by atoms with Gasteiger partial charge in [0.25, 0.3) is 0 Å². The molecule has 0 aliphatic carbocycles. The Morgan fingerprint density at radius 2 is 1.07 bits per heavy atom. The van der Waals surface area contributed by atoms with Gasteiger partial charge in [0.15, 0.2) is 0 Å². The minimum atomic E-state index is 1.21. The molecular formula is C26H17N. The lowest BCUT2D eigenvalue weighted by Gasteiger charge is -2.11. The number of benzene rings is 5. The van der Waals surface area contributed by atoms with E-state index in [0.29, 0.717) is 0 Å². The Morgan fingerprint density at radius 1 is 0.481 bits per heavy atom. The lowest BCUT2D eigenvalue weighted by Crippen LogP contribution is -1.84. The second-order valence-corrected chi connectivity index (χ2v) is 7.11. The molecule has 1 heterocycles. The normalized spacial score (nSPS) is 11.7. The number of fused-ring (bicyclic) bond motifs is 5. The Kier molecular flexibility index (Phi) is 2.95. The molecule has 0 bridgehead atoms. The fourth-order valence-electron chi connectivity index (χ4n) is 4.38. The standard InChI is InChI=1S/C26H17N/c1-6-12-22-17(7-1)13-14-23-24(16-27-26(22)23)25-20-10-4-2-8-18(20)15-19-9-3-5-11-21(19)25/h1-16,27H. The summed E-state index contributed by atoms with van der Waals surface area (Å²) in [5.41, 5.74) is 3.79. The summed E-state index contributed by atoms with van der Waals surface area (Å²) in [7, 11) is 0. The van der Waals surface area contributed by atoms with Crippen LogP contribution in [0.1, 0.15) is 0 Å². The van der Waals surface area contributed by atoms with Gasteiger partial charge in [-0.1, -0.05) is 84.9 Å². The Morgan fingerprint density at radius 3 is 1.78 bits per heavy atom. The van der Waals surface area contributed by atoms with E-state index in [-0.39, 0.29) is 0 Å². The number of rotatable bonds is 1. The molecule has 1 heteroatoms. The average Bonchev–Trinajstić information content (AvgIpc) is 3.16. The van der Waals surface area contributed by atoms with E-state index in [2.05, 4.69) is 102 Å². The Labute approximate surface area is 156 Å². The summed E-state index contributed by atoms with van der Waals surface area (Å²) in [6.45, 7) is 0. The van der Waals surface area contributed by atoms with Crippen LogP contribution in [0.25, 0.3) is 54.3 Å². The minimum absolute atomic E-state index is 1.21. The summed E-state index contributed by atoms with van der Waals surface area (Å²) in [6.07, 6.45) is 2.17. The maximum Gasteiger partial charge on any atom is 0.0540 e. The fraction of sp³-hybridized carbons (Fsp3) is 0. The maximum absolute atomic E-state index is 3.56. The number of nitrogens with one attached hydrogen (secondary N) is 1. The van der Waals surface area contributed by atoms with Gasteiger partial charge in [0.2, 0.25) is 0 Å². The first-order chi connectivity index (χ1) is 13.4. The zero-order chi connectivity index (χ0) is 17.8. The Balaban J connectivity index is 1.81. The molecule has 1 nitrogen and oxygen atoms in total. The van der Waals surface area contributed by atoms with Crippen LogP contribution >= 0.6 is 0 Å². The molecule has 0 fully saturated rings. The van der Waals surface area contributed by atoms with Crippen LogP contribution in [0.2, 0.25) is 0 Å². The molecule has 0 spiro atoms. The second kappa shape index (κ2) is 5.46. The van der Waals surface area contributed by atoms with Gasteiger partial charge in [0.05, 0.1) is 5.52 Å². The van der Waals surface area contributed by atoms with Crippen molar-refractivity contribution >= 4 is 43.2 Å². The molecule has 6 rings (SSSR count). The monoisotopic (exact) mass is 343 g/mol. The predicted octanol–water partition coefficient (Wildman–Crippen LogP) is 7.29. The highest BCUT2D eigenvalue weighted by atomic mass is 14.7. The van der Waals surface area contributed by atoms with E-state index in [4.69, 9.17) is 0 Å². The summed E-state index contributed by atoms with van der Waals surface area (Å²) in [4.78, 5) is 3.56. The van der Waals surface area contributed by atoms with Crippen LogP contribution in [-0.4, -0.2) is 4.98 Å². The van der Waals surface area contributed by atoms with Crippen LogP contribution in [0.5, 0.6) is 0 Å². The van der Waals surface area contributed by atoms with Crippen molar-refractivity contribution in [1.29, 1.82) is 0 Å². The van der Waals surface area contributed by atoms with Gasteiger partial charge in [0.1, 0.15) is 0 Å². The van der Waals surface area contributed by atoms with Crippen molar-refractivity contribution in [3.05, 3.63) is 97.2 Å². The van der Waals surface area contributed by atoms with Crippen molar-refractivity contribution in [2.24, 2.45) is 0 Å². The highest BCUT2D eigenvalue weighted by Crippen LogP contribution is 2.40. The first-order valence-electron chi connectivity index (χ1n) is 9.30. The quantitative estimate of drug-likeness (QED) is 0.302. The molecule has 0 unspecified atom stereocenters. The van der Waals surface area contributed by atoms with Gasteiger partial charge < -0.3 is 4.98 Å². The lowest BCUT2D eigenvalue weighted by molar-refractivity contribution is 1.49. The molecule has 5 aromatic carbocycles. The SMILES string of the molecule is c1ccc2c(-c3c[nH]c4c3ccc3ccccc34)c3ccccc3cc2c1. The zero-order valence-corrected chi connectivity index (χ0v) is 14.7. The summed E-state index contributed by atoms with van der Waals surface area (Å²) in [5.74, 6) is 0. The molecule has 1 N–H and O–H groups in total. The lowest BCUT2D eigenvalue weighted by atomic mass is 9.91. The molecule has 0 atom stereocenters. The maximum atomic E-state index is 3.56. The molecule has 1 aromatic heterocycles. The van der Waals surface area contributed by atoms with Gasteiger partial charge in [-0.3, -0.25) is 0 Å². The second-order valence-electron chi connectivity index (χ2n) is 7.11. The van der Waals surface area contributed by atoms with Crippen LogP contribution in [-0.2, 0) is 0 Å². The molecule has 0 radical (unpaired) electrons. The van der Waals surface area contributed by atoms with E-state index in [1.807, 2.05) is 0 Å². The molecule has 126 valence electrons. The van der Waals surface area contributed by atoms with Crippen LogP contribution < -0.4 is 0 Å². The van der Waals surface area contributed by atoms with Gasteiger partial charge in [-0.15, -0.1) is 0 Å². The third-order valence-electron chi connectivity index (χ3n) is 5.62. The van der Waals surface area contributed by atoms with Crippen molar-refractivity contribution < 1.29 is 0 Å². The molecular weight excluding hydrogens is 326 g/mol. The molecule has 6 aromatic rings. The van der Waals surface area contributed by atoms with E-state index in [0.717, 1.165) is 0 Å². The van der Waals surface area contributed by atoms with Gasteiger partial charge in [-0.2, -0.15) is 0 Å². The van der Waals surface area contributed by atoms with Crippen molar-refractivity contribution in [2.75, 3.05) is 0 Å². The number of aromatic amines is 1. The largest absolute Gasteiger partial charge is 0.360 e. The van der Waals surface area contributed by atoms with Crippen LogP contribution in [0.15, 0.2) is 97.2 Å². The predicted molar refractivity (Wildman–Crippen MR) is 116 cm³/mol. The highest BCUT2D eigenvalue weighted by molar-refractivity contribution is 6.19. The van der Waals surface area contributed by atoms with Crippen molar-refractivity contribution in [1.82, 2.24) is 4.98 Å². The van der Waals surface area contributed by atoms with Crippen LogP contribution in [0, 0.1) is 0 Å². The van der Waals surface area contributed by atoms with Gasteiger partial charge in [-0.05, 0) is 38.6 Å². The first kappa shape index (κ1) is 14.6. The number of aromatic nitrogens is 1. The van der Waals surface area contributed by atoms with E-state index >= 15 is 0 Å². The van der Waals surface area contributed by atoms with Crippen LogP contribution in [0.4, 0.5) is 0 Å². The molecule has 0 amide bonds. The third-order valence-corrected chi connectivity index (χ3v) is 5.62. The first-order valence-corrected chi connectivity index (χ1v) is 9.30. The summed E-state index contributed by atoms with van der Waals surface area (Å²) in [6, 6.07) is 32.7. The average molecular weight is 343 g/mol. The summed E-state index contributed by atoms with van der Waals surface area (Å²) < 4.78 is 0.